The fraction of sp³-hybridized carbons (Fsp3) is 0.263. The number of thioether (sulfide) groups is 1. The second-order valence-corrected chi connectivity index (χ2v) is 7.72. The molecule has 0 N–H and O–H groups in total. The Bertz CT molecular complexity index is 893. The highest BCUT2D eigenvalue weighted by atomic mass is 35.5. The molecule has 0 aliphatic rings. The third kappa shape index (κ3) is 4.34. The van der Waals surface area contributed by atoms with Crippen molar-refractivity contribution >= 4 is 35.0 Å². The molecule has 1 heterocycles. The first kappa shape index (κ1) is 19.1. The molecule has 3 rings (SSSR count). The van der Waals surface area contributed by atoms with Gasteiger partial charge in [0.15, 0.2) is 17.1 Å². The maximum absolute atomic E-state index is 6.23. The van der Waals surface area contributed by atoms with Crippen molar-refractivity contribution < 1.29 is 4.74 Å². The molecule has 1 aromatic heterocycles. The molecule has 0 bridgehead atoms. The van der Waals surface area contributed by atoms with Gasteiger partial charge in [0.25, 0.3) is 0 Å². The summed E-state index contributed by atoms with van der Waals surface area (Å²) in [5.74, 6) is 2.20. The predicted molar refractivity (Wildman–Crippen MR) is 107 cm³/mol. The van der Waals surface area contributed by atoms with E-state index in [1.807, 2.05) is 67.9 Å². The average molecular weight is 408 g/mol. The van der Waals surface area contributed by atoms with Crippen LogP contribution in [-0.2, 0) is 12.8 Å². The van der Waals surface area contributed by atoms with Gasteiger partial charge in [-0.05, 0) is 49.2 Å². The van der Waals surface area contributed by atoms with Gasteiger partial charge >= 0.3 is 0 Å². The molecule has 0 fully saturated rings. The highest BCUT2D eigenvalue weighted by Crippen LogP contribution is 2.31. The summed E-state index contributed by atoms with van der Waals surface area (Å²) >= 11 is 14.0. The molecule has 3 aromatic rings. The van der Waals surface area contributed by atoms with E-state index in [0.29, 0.717) is 15.8 Å². The van der Waals surface area contributed by atoms with Crippen molar-refractivity contribution in [2.75, 3.05) is 0 Å². The maximum atomic E-state index is 6.23. The van der Waals surface area contributed by atoms with Crippen molar-refractivity contribution in [2.45, 2.75) is 30.9 Å². The second kappa shape index (κ2) is 8.33. The monoisotopic (exact) mass is 407 g/mol. The summed E-state index contributed by atoms with van der Waals surface area (Å²) in [5, 5.41) is 10.7. The van der Waals surface area contributed by atoms with Gasteiger partial charge in [-0.25, -0.2) is 0 Å². The Hall–Kier alpha value is -1.69. The summed E-state index contributed by atoms with van der Waals surface area (Å²) in [4.78, 5) is 0. The van der Waals surface area contributed by atoms with Crippen LogP contribution in [0.5, 0.6) is 5.75 Å². The summed E-state index contributed by atoms with van der Waals surface area (Å²) in [6, 6.07) is 13.5. The smallest absolute Gasteiger partial charge is 0.191 e. The lowest BCUT2D eigenvalue weighted by Crippen LogP contribution is -2.10. The zero-order chi connectivity index (χ0) is 18.7. The molecule has 7 heteroatoms. The second-order valence-electron chi connectivity index (χ2n) is 5.97. The van der Waals surface area contributed by atoms with Gasteiger partial charge in [0, 0.05) is 22.8 Å². The molecule has 136 valence electrons. The van der Waals surface area contributed by atoms with Crippen LogP contribution in [0, 0.1) is 6.92 Å². The largest absolute Gasteiger partial charge is 0.483 e. The van der Waals surface area contributed by atoms with Crippen LogP contribution in [0.15, 0.2) is 47.6 Å². The first-order valence-corrected chi connectivity index (χ1v) is 9.88. The molecule has 26 heavy (non-hydrogen) atoms. The van der Waals surface area contributed by atoms with Crippen molar-refractivity contribution in [3.8, 4) is 5.75 Å². The van der Waals surface area contributed by atoms with E-state index in [-0.39, 0.29) is 6.10 Å². The maximum Gasteiger partial charge on any atom is 0.191 e. The lowest BCUT2D eigenvalue weighted by atomic mass is 10.2. The Morgan fingerprint density at radius 2 is 1.81 bits per heavy atom. The Labute approximate surface area is 167 Å². The van der Waals surface area contributed by atoms with Crippen molar-refractivity contribution in [2.24, 2.45) is 7.05 Å². The van der Waals surface area contributed by atoms with Crippen LogP contribution in [-0.4, -0.2) is 14.8 Å². The van der Waals surface area contributed by atoms with Crippen LogP contribution in [0.2, 0.25) is 10.0 Å². The highest BCUT2D eigenvalue weighted by molar-refractivity contribution is 7.98. The van der Waals surface area contributed by atoms with Crippen LogP contribution in [0.3, 0.4) is 0 Å². The van der Waals surface area contributed by atoms with Crippen LogP contribution >= 0.6 is 35.0 Å². The topological polar surface area (TPSA) is 39.9 Å². The molecule has 1 atom stereocenters. The highest BCUT2D eigenvalue weighted by Gasteiger charge is 2.18. The van der Waals surface area contributed by atoms with E-state index in [0.717, 1.165) is 27.9 Å². The van der Waals surface area contributed by atoms with Gasteiger partial charge in [-0.3, -0.25) is 0 Å². The van der Waals surface area contributed by atoms with Crippen LogP contribution in [0.25, 0.3) is 0 Å². The van der Waals surface area contributed by atoms with Crippen LogP contribution < -0.4 is 4.74 Å². The number of aromatic nitrogens is 3. The number of ether oxygens (including phenoxy) is 1. The lowest BCUT2D eigenvalue weighted by Gasteiger charge is -2.14. The number of hydrogen-bond donors (Lipinski definition) is 0. The normalized spacial score (nSPS) is 12.2. The third-order valence-electron chi connectivity index (χ3n) is 3.94. The first-order chi connectivity index (χ1) is 12.5. The van der Waals surface area contributed by atoms with Crippen LogP contribution in [0.4, 0.5) is 0 Å². The first-order valence-electron chi connectivity index (χ1n) is 8.14. The van der Waals surface area contributed by atoms with Crippen molar-refractivity contribution in [1.29, 1.82) is 0 Å². The fourth-order valence-electron chi connectivity index (χ4n) is 2.56. The molecule has 0 spiro atoms. The van der Waals surface area contributed by atoms with Crippen molar-refractivity contribution in [3.63, 3.8) is 0 Å². The Morgan fingerprint density at radius 3 is 2.50 bits per heavy atom. The summed E-state index contributed by atoms with van der Waals surface area (Å²) in [7, 11) is 1.93. The van der Waals surface area contributed by atoms with Crippen molar-refractivity contribution in [1.82, 2.24) is 14.8 Å². The molecule has 0 amide bonds. The minimum atomic E-state index is -0.215. The zero-order valence-electron chi connectivity index (χ0n) is 14.7. The van der Waals surface area contributed by atoms with E-state index in [2.05, 4.69) is 10.2 Å². The molecular weight excluding hydrogens is 389 g/mol. The summed E-state index contributed by atoms with van der Waals surface area (Å²) in [5.41, 5.74) is 2.05. The van der Waals surface area contributed by atoms with Gasteiger partial charge in [0.05, 0.1) is 0 Å². The molecule has 2 aromatic carbocycles. The summed E-state index contributed by atoms with van der Waals surface area (Å²) < 4.78 is 7.94. The van der Waals surface area contributed by atoms with Gasteiger partial charge in [-0.15, -0.1) is 10.2 Å². The number of benzene rings is 2. The van der Waals surface area contributed by atoms with Gasteiger partial charge in [-0.1, -0.05) is 53.2 Å². The molecule has 0 radical (unpaired) electrons. The lowest BCUT2D eigenvalue weighted by molar-refractivity contribution is 0.211. The molecule has 0 saturated carbocycles. The van der Waals surface area contributed by atoms with E-state index in [4.69, 9.17) is 27.9 Å². The number of nitrogens with zero attached hydrogens (tertiary/aromatic N) is 3. The van der Waals surface area contributed by atoms with Gasteiger partial charge in [0.1, 0.15) is 5.75 Å². The summed E-state index contributed by atoms with van der Waals surface area (Å²) in [6.07, 6.45) is -0.215. The fourth-order valence-corrected chi connectivity index (χ4v) is 4.22. The van der Waals surface area contributed by atoms with E-state index in [1.165, 1.54) is 0 Å². The molecule has 0 saturated heterocycles. The standard InChI is InChI=1S/C19H19Cl2N3OS/c1-12-6-4-7-14(10-12)25-13(2)18-22-23-19(24(18)3)26-11-15-16(20)8-5-9-17(15)21/h4-10,13H,11H2,1-3H3. The van der Waals surface area contributed by atoms with Gasteiger partial charge in [0.2, 0.25) is 0 Å². The SMILES string of the molecule is Cc1cccc(OC(C)c2nnc(SCc3c(Cl)cccc3Cl)n2C)c1. The predicted octanol–water partition coefficient (Wildman–Crippen LogP) is 5.86. The van der Waals surface area contributed by atoms with E-state index in [1.54, 1.807) is 11.8 Å². The van der Waals surface area contributed by atoms with E-state index < -0.39 is 0 Å². The Kier molecular flexibility index (Phi) is 6.12. The van der Waals surface area contributed by atoms with E-state index in [9.17, 15) is 0 Å². The molecule has 4 nitrogen and oxygen atoms in total. The molecule has 0 aliphatic heterocycles. The van der Waals surface area contributed by atoms with Crippen LogP contribution in [0.1, 0.15) is 30.0 Å². The Morgan fingerprint density at radius 1 is 1.12 bits per heavy atom. The minimum absolute atomic E-state index is 0.215. The number of aryl methyl sites for hydroxylation is 1. The number of hydrogen-bond acceptors (Lipinski definition) is 4. The zero-order valence-corrected chi connectivity index (χ0v) is 17.1. The molecule has 1 unspecified atom stereocenters. The average Bonchev–Trinajstić information content (AvgIpc) is 2.95. The van der Waals surface area contributed by atoms with Gasteiger partial charge in [-0.2, -0.15) is 0 Å². The molecule has 0 aliphatic carbocycles. The minimum Gasteiger partial charge on any atom is -0.483 e. The quantitative estimate of drug-likeness (QED) is 0.479. The van der Waals surface area contributed by atoms with E-state index >= 15 is 0 Å². The third-order valence-corrected chi connectivity index (χ3v) is 5.70. The Balaban J connectivity index is 1.71. The number of halogens is 2. The summed E-state index contributed by atoms with van der Waals surface area (Å²) in [6.45, 7) is 4.00. The van der Waals surface area contributed by atoms with Crippen molar-refractivity contribution in [3.05, 3.63) is 69.5 Å². The van der Waals surface area contributed by atoms with Gasteiger partial charge < -0.3 is 9.30 Å². The number of rotatable bonds is 6. The molecular formula is C19H19Cl2N3OS.